The van der Waals surface area contributed by atoms with Gasteiger partial charge in [-0.05, 0) is 12.1 Å². The van der Waals surface area contributed by atoms with Crippen molar-refractivity contribution in [3.63, 3.8) is 0 Å². The fourth-order valence-corrected chi connectivity index (χ4v) is 1.60. The SMILES string of the molecule is C[n+]1cc(CN)cc2ccccc21. The van der Waals surface area contributed by atoms with Gasteiger partial charge in [-0.3, -0.25) is 0 Å². The zero-order valence-corrected chi connectivity index (χ0v) is 7.70. The monoisotopic (exact) mass is 173 g/mol. The third-order valence-corrected chi connectivity index (χ3v) is 2.25. The maximum absolute atomic E-state index is 5.60. The number of fused-ring (bicyclic) bond motifs is 1. The van der Waals surface area contributed by atoms with Crippen LogP contribution in [0, 0.1) is 0 Å². The number of benzene rings is 1. The molecular weight excluding hydrogens is 160 g/mol. The van der Waals surface area contributed by atoms with E-state index in [-0.39, 0.29) is 0 Å². The molecule has 0 atom stereocenters. The summed E-state index contributed by atoms with van der Waals surface area (Å²) in [6.07, 6.45) is 2.07. The Morgan fingerprint density at radius 3 is 2.85 bits per heavy atom. The van der Waals surface area contributed by atoms with E-state index in [2.05, 4.69) is 29.0 Å². The lowest BCUT2D eigenvalue weighted by Crippen LogP contribution is -2.29. The highest BCUT2D eigenvalue weighted by atomic mass is 14.9. The van der Waals surface area contributed by atoms with E-state index in [0.717, 1.165) is 0 Å². The van der Waals surface area contributed by atoms with Crippen LogP contribution < -0.4 is 10.3 Å². The number of para-hydroxylation sites is 1. The molecule has 0 radical (unpaired) electrons. The second kappa shape index (κ2) is 3.15. The van der Waals surface area contributed by atoms with Gasteiger partial charge in [-0.2, -0.15) is 0 Å². The lowest BCUT2D eigenvalue weighted by Gasteiger charge is -1.99. The van der Waals surface area contributed by atoms with Gasteiger partial charge in [0.25, 0.3) is 0 Å². The van der Waals surface area contributed by atoms with Crippen LogP contribution in [-0.4, -0.2) is 0 Å². The molecule has 0 saturated heterocycles. The molecule has 0 fully saturated rings. The maximum Gasteiger partial charge on any atom is 0.212 e. The lowest BCUT2D eigenvalue weighted by atomic mass is 10.1. The van der Waals surface area contributed by atoms with Crippen LogP contribution >= 0.6 is 0 Å². The first-order valence-corrected chi connectivity index (χ1v) is 4.38. The molecule has 66 valence electrons. The van der Waals surface area contributed by atoms with Crippen molar-refractivity contribution in [1.29, 1.82) is 0 Å². The number of nitrogens with two attached hydrogens (primary N) is 1. The smallest absolute Gasteiger partial charge is 0.212 e. The molecule has 2 rings (SSSR count). The molecule has 0 aliphatic heterocycles. The quantitative estimate of drug-likeness (QED) is 0.643. The second-order valence-corrected chi connectivity index (χ2v) is 3.22. The van der Waals surface area contributed by atoms with Gasteiger partial charge in [0.1, 0.15) is 7.05 Å². The summed E-state index contributed by atoms with van der Waals surface area (Å²) in [5.74, 6) is 0. The van der Waals surface area contributed by atoms with Crippen LogP contribution in [0.3, 0.4) is 0 Å². The van der Waals surface area contributed by atoms with Crippen molar-refractivity contribution in [3.8, 4) is 0 Å². The summed E-state index contributed by atoms with van der Waals surface area (Å²) in [5.41, 5.74) is 8.00. The highest BCUT2D eigenvalue weighted by Gasteiger charge is 2.04. The Hall–Kier alpha value is -1.41. The number of aryl methyl sites for hydroxylation is 1. The summed E-state index contributed by atoms with van der Waals surface area (Å²) in [6, 6.07) is 10.4. The molecule has 0 saturated carbocycles. The number of hydrogen-bond acceptors (Lipinski definition) is 1. The predicted octanol–water partition coefficient (Wildman–Crippen LogP) is 1.12. The van der Waals surface area contributed by atoms with Crippen LogP contribution in [0.4, 0.5) is 0 Å². The molecule has 1 aromatic carbocycles. The third-order valence-electron chi connectivity index (χ3n) is 2.25. The van der Waals surface area contributed by atoms with Crippen molar-refractivity contribution >= 4 is 10.9 Å². The molecule has 0 bridgehead atoms. The first-order valence-electron chi connectivity index (χ1n) is 4.38. The average Bonchev–Trinajstić information content (AvgIpc) is 2.18. The zero-order chi connectivity index (χ0) is 9.26. The van der Waals surface area contributed by atoms with Crippen LogP contribution in [0.5, 0.6) is 0 Å². The van der Waals surface area contributed by atoms with E-state index in [9.17, 15) is 0 Å². The van der Waals surface area contributed by atoms with Crippen LogP contribution in [-0.2, 0) is 13.6 Å². The normalized spacial score (nSPS) is 10.6. The van der Waals surface area contributed by atoms with E-state index < -0.39 is 0 Å². The lowest BCUT2D eigenvalue weighted by molar-refractivity contribution is -0.645. The van der Waals surface area contributed by atoms with Crippen molar-refractivity contribution < 1.29 is 4.57 Å². The van der Waals surface area contributed by atoms with Gasteiger partial charge in [-0.15, -0.1) is 0 Å². The molecule has 2 aromatic rings. The Labute approximate surface area is 77.6 Å². The number of nitrogens with zero attached hydrogens (tertiary/aromatic N) is 1. The Bertz CT molecular complexity index is 435. The highest BCUT2D eigenvalue weighted by molar-refractivity contribution is 5.75. The molecule has 0 amide bonds. The molecule has 0 unspecified atom stereocenters. The minimum absolute atomic E-state index is 0.596. The van der Waals surface area contributed by atoms with Crippen LogP contribution in [0.25, 0.3) is 10.9 Å². The van der Waals surface area contributed by atoms with E-state index in [1.54, 1.807) is 0 Å². The van der Waals surface area contributed by atoms with Gasteiger partial charge >= 0.3 is 0 Å². The largest absolute Gasteiger partial charge is 0.326 e. The van der Waals surface area contributed by atoms with E-state index in [1.807, 2.05) is 19.2 Å². The van der Waals surface area contributed by atoms with Gasteiger partial charge in [0.05, 0.1) is 0 Å². The van der Waals surface area contributed by atoms with Crippen molar-refractivity contribution in [2.45, 2.75) is 6.54 Å². The standard InChI is InChI=1S/C11H13N2/c1-13-8-9(7-12)6-10-4-2-3-5-11(10)13/h2-6,8H,7,12H2,1H3/q+1. The van der Waals surface area contributed by atoms with Crippen molar-refractivity contribution in [2.24, 2.45) is 12.8 Å². The van der Waals surface area contributed by atoms with Gasteiger partial charge in [-0.25, -0.2) is 4.57 Å². The van der Waals surface area contributed by atoms with Gasteiger partial charge in [-0.1, -0.05) is 12.1 Å². The zero-order valence-electron chi connectivity index (χ0n) is 7.70. The Kier molecular flexibility index (Phi) is 1.99. The molecule has 13 heavy (non-hydrogen) atoms. The topological polar surface area (TPSA) is 29.9 Å². The Morgan fingerprint density at radius 1 is 1.31 bits per heavy atom. The summed E-state index contributed by atoms with van der Waals surface area (Å²) < 4.78 is 2.11. The summed E-state index contributed by atoms with van der Waals surface area (Å²) in [5, 5.41) is 1.24. The highest BCUT2D eigenvalue weighted by Crippen LogP contribution is 2.10. The minimum atomic E-state index is 0.596. The molecule has 2 heteroatoms. The molecule has 2 nitrogen and oxygen atoms in total. The molecule has 0 aliphatic carbocycles. The second-order valence-electron chi connectivity index (χ2n) is 3.22. The molecular formula is C11H13N2+. The Balaban J connectivity index is 2.77. The van der Waals surface area contributed by atoms with Gasteiger partial charge in [0, 0.05) is 23.6 Å². The maximum atomic E-state index is 5.60. The number of hydrogen-bond donors (Lipinski definition) is 1. The van der Waals surface area contributed by atoms with Crippen LogP contribution in [0.1, 0.15) is 5.56 Å². The van der Waals surface area contributed by atoms with Crippen molar-refractivity contribution in [3.05, 3.63) is 42.1 Å². The van der Waals surface area contributed by atoms with E-state index in [1.165, 1.54) is 16.5 Å². The summed E-state index contributed by atoms with van der Waals surface area (Å²) in [4.78, 5) is 0. The number of rotatable bonds is 1. The van der Waals surface area contributed by atoms with E-state index in [0.29, 0.717) is 6.54 Å². The van der Waals surface area contributed by atoms with E-state index in [4.69, 9.17) is 5.73 Å². The fraction of sp³-hybridized carbons (Fsp3) is 0.182. The van der Waals surface area contributed by atoms with Crippen molar-refractivity contribution in [2.75, 3.05) is 0 Å². The van der Waals surface area contributed by atoms with Gasteiger partial charge in [0.2, 0.25) is 5.52 Å². The molecule has 0 aliphatic rings. The number of pyridine rings is 1. The molecule has 2 N–H and O–H groups in total. The molecule has 1 aromatic heterocycles. The van der Waals surface area contributed by atoms with E-state index >= 15 is 0 Å². The predicted molar refractivity (Wildman–Crippen MR) is 53.0 cm³/mol. The first-order chi connectivity index (χ1) is 6.31. The summed E-state index contributed by atoms with van der Waals surface area (Å²) >= 11 is 0. The third kappa shape index (κ3) is 1.40. The van der Waals surface area contributed by atoms with Crippen LogP contribution in [0.15, 0.2) is 36.5 Å². The van der Waals surface area contributed by atoms with Gasteiger partial charge in [0.15, 0.2) is 6.20 Å². The van der Waals surface area contributed by atoms with Crippen LogP contribution in [0.2, 0.25) is 0 Å². The minimum Gasteiger partial charge on any atom is -0.326 e. The summed E-state index contributed by atoms with van der Waals surface area (Å²) in [7, 11) is 2.04. The fourth-order valence-electron chi connectivity index (χ4n) is 1.60. The summed E-state index contributed by atoms with van der Waals surface area (Å²) in [6.45, 7) is 0.596. The molecule has 0 spiro atoms. The first kappa shape index (κ1) is 8.20. The number of aromatic nitrogens is 1. The Morgan fingerprint density at radius 2 is 2.08 bits per heavy atom. The molecule has 1 heterocycles. The van der Waals surface area contributed by atoms with Crippen molar-refractivity contribution in [1.82, 2.24) is 0 Å². The average molecular weight is 173 g/mol. The van der Waals surface area contributed by atoms with Gasteiger partial charge < -0.3 is 5.73 Å².